The van der Waals surface area contributed by atoms with E-state index in [4.69, 9.17) is 31.0 Å². The summed E-state index contributed by atoms with van der Waals surface area (Å²) in [6, 6.07) is 15.5. The number of halogens is 1. The highest BCUT2D eigenvalue weighted by Gasteiger charge is 2.16. The van der Waals surface area contributed by atoms with Crippen molar-refractivity contribution in [2.24, 2.45) is 0 Å². The third kappa shape index (κ3) is 4.67. The number of fused-ring (bicyclic) bond motifs is 1. The van der Waals surface area contributed by atoms with Crippen LogP contribution in [0.5, 0.6) is 11.5 Å². The molecule has 4 rings (SSSR count). The Labute approximate surface area is 185 Å². The van der Waals surface area contributed by atoms with Crippen molar-refractivity contribution in [3.05, 3.63) is 60.9 Å². The van der Waals surface area contributed by atoms with Gasteiger partial charge in [-0.25, -0.2) is 15.0 Å². The minimum Gasteiger partial charge on any atom is -0.497 e. The maximum atomic E-state index is 5.98. The van der Waals surface area contributed by atoms with Gasteiger partial charge in [0.05, 0.1) is 38.0 Å². The van der Waals surface area contributed by atoms with E-state index in [1.807, 2.05) is 53.4 Å². The molecule has 0 radical (unpaired) electrons. The lowest BCUT2D eigenvalue weighted by Gasteiger charge is -2.23. The normalized spacial score (nSPS) is 10.8. The first-order chi connectivity index (χ1) is 15.2. The standard InChI is InChI=1S/C23H22ClN5O2/c1-30-18-11-17(12-19(13-18)31-2)29(10-6-9-24)23-26-15-21-22(28-23)27-20(14-25-21)16-7-4-3-5-8-16/h3-5,7-8,11-15H,6,9-10H2,1-2H3. The van der Waals surface area contributed by atoms with Crippen LogP contribution >= 0.6 is 11.6 Å². The van der Waals surface area contributed by atoms with Crippen LogP contribution in [0.15, 0.2) is 60.9 Å². The van der Waals surface area contributed by atoms with Gasteiger partial charge in [-0.05, 0) is 6.42 Å². The van der Waals surface area contributed by atoms with Gasteiger partial charge in [0.15, 0.2) is 5.65 Å². The van der Waals surface area contributed by atoms with Crippen LogP contribution in [-0.4, -0.2) is 46.6 Å². The number of hydrogen-bond donors (Lipinski definition) is 0. The minimum atomic E-state index is 0.507. The zero-order valence-electron chi connectivity index (χ0n) is 17.3. The molecule has 0 unspecified atom stereocenters. The van der Waals surface area contributed by atoms with E-state index >= 15 is 0 Å². The van der Waals surface area contributed by atoms with Crippen molar-refractivity contribution >= 4 is 34.4 Å². The number of nitrogens with zero attached hydrogens (tertiary/aromatic N) is 5. The van der Waals surface area contributed by atoms with Gasteiger partial charge in [-0.2, -0.15) is 4.98 Å². The second-order valence-corrected chi connectivity index (χ2v) is 7.14. The molecule has 0 bridgehead atoms. The molecule has 0 aliphatic rings. The molecule has 7 nitrogen and oxygen atoms in total. The molecule has 2 aromatic heterocycles. The number of methoxy groups -OCH3 is 2. The Morgan fingerprint density at radius 2 is 1.65 bits per heavy atom. The molecule has 0 saturated carbocycles. The first-order valence-corrected chi connectivity index (χ1v) is 10.4. The summed E-state index contributed by atoms with van der Waals surface area (Å²) in [7, 11) is 3.24. The van der Waals surface area contributed by atoms with Crippen molar-refractivity contribution in [3.8, 4) is 22.8 Å². The Kier molecular flexibility index (Phi) is 6.43. The monoisotopic (exact) mass is 435 g/mol. The summed E-state index contributed by atoms with van der Waals surface area (Å²) in [4.78, 5) is 20.4. The molecule has 0 saturated heterocycles. The predicted octanol–water partition coefficient (Wildman–Crippen LogP) is 4.87. The highest BCUT2D eigenvalue weighted by molar-refractivity contribution is 6.17. The van der Waals surface area contributed by atoms with Gasteiger partial charge in [-0.1, -0.05) is 30.3 Å². The highest BCUT2D eigenvalue weighted by atomic mass is 35.5. The van der Waals surface area contributed by atoms with E-state index in [2.05, 4.69) is 9.97 Å². The SMILES string of the molecule is COc1cc(OC)cc(N(CCCCl)c2ncc3ncc(-c4ccccc4)nc3n2)c1. The Hall–Kier alpha value is -3.45. The zero-order valence-corrected chi connectivity index (χ0v) is 18.1. The number of anilines is 2. The molecular weight excluding hydrogens is 414 g/mol. The van der Waals surface area contributed by atoms with Gasteiger partial charge in [0.25, 0.3) is 0 Å². The topological polar surface area (TPSA) is 73.3 Å². The lowest BCUT2D eigenvalue weighted by Crippen LogP contribution is -2.21. The average Bonchev–Trinajstić information content (AvgIpc) is 2.84. The molecule has 8 heteroatoms. The molecule has 0 amide bonds. The molecule has 2 heterocycles. The smallest absolute Gasteiger partial charge is 0.232 e. The van der Waals surface area contributed by atoms with E-state index in [9.17, 15) is 0 Å². The van der Waals surface area contributed by atoms with E-state index in [0.717, 1.165) is 23.4 Å². The van der Waals surface area contributed by atoms with Gasteiger partial charge in [0.1, 0.15) is 17.0 Å². The summed E-state index contributed by atoms with van der Waals surface area (Å²) < 4.78 is 10.9. The second kappa shape index (κ2) is 9.57. The maximum Gasteiger partial charge on any atom is 0.232 e. The molecule has 0 N–H and O–H groups in total. The van der Waals surface area contributed by atoms with E-state index in [1.165, 1.54) is 0 Å². The summed E-state index contributed by atoms with van der Waals surface area (Å²) in [6.45, 7) is 0.622. The molecule has 0 spiro atoms. The fraction of sp³-hybridized carbons (Fsp3) is 0.217. The van der Waals surface area contributed by atoms with Gasteiger partial charge in [0, 0.05) is 36.2 Å². The van der Waals surface area contributed by atoms with Crippen LogP contribution in [-0.2, 0) is 0 Å². The van der Waals surface area contributed by atoms with E-state index in [0.29, 0.717) is 41.0 Å². The largest absolute Gasteiger partial charge is 0.497 e. The van der Waals surface area contributed by atoms with Crippen molar-refractivity contribution in [1.82, 2.24) is 19.9 Å². The van der Waals surface area contributed by atoms with Crippen LogP contribution in [0.3, 0.4) is 0 Å². The second-order valence-electron chi connectivity index (χ2n) is 6.77. The summed E-state index contributed by atoms with van der Waals surface area (Å²) in [5.41, 5.74) is 3.73. The Morgan fingerprint density at radius 1 is 0.903 bits per heavy atom. The quantitative estimate of drug-likeness (QED) is 0.365. The number of hydrogen-bond acceptors (Lipinski definition) is 7. The fourth-order valence-corrected chi connectivity index (χ4v) is 3.31. The number of alkyl halides is 1. The highest BCUT2D eigenvalue weighted by Crippen LogP contribution is 2.32. The number of ether oxygens (including phenoxy) is 2. The average molecular weight is 436 g/mol. The zero-order chi connectivity index (χ0) is 21.6. The van der Waals surface area contributed by atoms with Crippen molar-refractivity contribution < 1.29 is 9.47 Å². The van der Waals surface area contributed by atoms with E-state index in [1.54, 1.807) is 26.6 Å². The van der Waals surface area contributed by atoms with Crippen molar-refractivity contribution in [3.63, 3.8) is 0 Å². The minimum absolute atomic E-state index is 0.507. The van der Waals surface area contributed by atoms with Gasteiger partial charge in [-0.3, -0.25) is 0 Å². The number of rotatable bonds is 8. The van der Waals surface area contributed by atoms with Crippen LogP contribution < -0.4 is 14.4 Å². The molecule has 31 heavy (non-hydrogen) atoms. The van der Waals surface area contributed by atoms with Crippen molar-refractivity contribution in [2.45, 2.75) is 6.42 Å². The molecule has 158 valence electrons. The molecule has 0 atom stereocenters. The number of benzene rings is 2. The summed E-state index contributed by atoms with van der Waals surface area (Å²) in [6.07, 6.45) is 4.17. The third-order valence-electron chi connectivity index (χ3n) is 4.76. The first-order valence-electron chi connectivity index (χ1n) is 9.83. The maximum absolute atomic E-state index is 5.98. The van der Waals surface area contributed by atoms with Crippen LogP contribution in [0.2, 0.25) is 0 Å². The summed E-state index contributed by atoms with van der Waals surface area (Å²) in [5, 5.41) is 0. The molecule has 4 aromatic rings. The van der Waals surface area contributed by atoms with E-state index < -0.39 is 0 Å². The lowest BCUT2D eigenvalue weighted by atomic mass is 10.2. The van der Waals surface area contributed by atoms with Gasteiger partial charge in [0.2, 0.25) is 5.95 Å². The first kappa shape index (κ1) is 20.8. The fourth-order valence-electron chi connectivity index (χ4n) is 3.19. The summed E-state index contributed by atoms with van der Waals surface area (Å²) in [5.74, 6) is 2.38. The number of aromatic nitrogens is 4. The van der Waals surface area contributed by atoms with Crippen LogP contribution in [0.25, 0.3) is 22.4 Å². The van der Waals surface area contributed by atoms with Crippen LogP contribution in [0.4, 0.5) is 11.6 Å². The van der Waals surface area contributed by atoms with E-state index in [-0.39, 0.29) is 0 Å². The Balaban J connectivity index is 1.78. The molecule has 0 aliphatic heterocycles. The third-order valence-corrected chi connectivity index (χ3v) is 5.03. The predicted molar refractivity (Wildman–Crippen MR) is 122 cm³/mol. The summed E-state index contributed by atoms with van der Waals surface area (Å²) >= 11 is 5.98. The molecule has 0 fully saturated rings. The van der Waals surface area contributed by atoms with Crippen LogP contribution in [0.1, 0.15) is 6.42 Å². The van der Waals surface area contributed by atoms with Gasteiger partial charge < -0.3 is 14.4 Å². The van der Waals surface area contributed by atoms with Crippen molar-refractivity contribution in [2.75, 3.05) is 31.5 Å². The molecular formula is C23H22ClN5O2. The molecule has 0 aliphatic carbocycles. The molecule has 2 aromatic carbocycles. The van der Waals surface area contributed by atoms with Gasteiger partial charge >= 0.3 is 0 Å². The Bertz CT molecular complexity index is 1150. The van der Waals surface area contributed by atoms with Gasteiger partial charge in [-0.15, -0.1) is 11.6 Å². The van der Waals surface area contributed by atoms with Crippen LogP contribution in [0, 0.1) is 0 Å². The Morgan fingerprint density at radius 3 is 2.32 bits per heavy atom. The van der Waals surface area contributed by atoms with Crippen molar-refractivity contribution in [1.29, 1.82) is 0 Å². The lowest BCUT2D eigenvalue weighted by molar-refractivity contribution is 0.394.